The van der Waals surface area contributed by atoms with Crippen molar-refractivity contribution in [3.63, 3.8) is 0 Å². The summed E-state index contributed by atoms with van der Waals surface area (Å²) in [5.41, 5.74) is -0.719. The summed E-state index contributed by atoms with van der Waals surface area (Å²) in [6, 6.07) is 3.95. The average molecular weight is 354 g/mol. The Hall–Kier alpha value is -2.98. The Balaban J connectivity index is 1.64. The van der Waals surface area contributed by atoms with Crippen LogP contribution < -0.4 is 10.6 Å². The van der Waals surface area contributed by atoms with Crippen LogP contribution in [0.5, 0.6) is 0 Å². The molecular weight excluding hydrogens is 341 g/mol. The van der Waals surface area contributed by atoms with Gasteiger partial charge in [0.1, 0.15) is 6.54 Å². The Labute approximate surface area is 139 Å². The molecule has 1 aliphatic rings. The van der Waals surface area contributed by atoms with Crippen LogP contribution in [-0.2, 0) is 17.5 Å². The molecule has 1 saturated carbocycles. The van der Waals surface area contributed by atoms with Gasteiger partial charge in [-0.1, -0.05) is 12.1 Å². The molecule has 0 aliphatic heterocycles. The summed E-state index contributed by atoms with van der Waals surface area (Å²) in [6.45, 7) is -0.385. The molecule has 11 heteroatoms. The maximum absolute atomic E-state index is 12.7. The van der Waals surface area contributed by atoms with Crippen LogP contribution in [0.25, 0.3) is 11.4 Å². The van der Waals surface area contributed by atoms with Crippen molar-refractivity contribution in [2.24, 2.45) is 0 Å². The van der Waals surface area contributed by atoms with Crippen molar-refractivity contribution in [1.82, 2.24) is 30.8 Å². The van der Waals surface area contributed by atoms with Gasteiger partial charge in [0.25, 0.3) is 5.91 Å². The van der Waals surface area contributed by atoms with Crippen molar-refractivity contribution in [3.05, 3.63) is 29.8 Å². The number of nitrogens with zero attached hydrogens (tertiary/aromatic N) is 4. The molecule has 3 rings (SSSR count). The topological polar surface area (TPSA) is 102 Å². The number of nitrogens with one attached hydrogen (secondary N) is 2. The van der Waals surface area contributed by atoms with E-state index in [9.17, 15) is 22.8 Å². The van der Waals surface area contributed by atoms with Gasteiger partial charge in [-0.15, -0.1) is 10.2 Å². The van der Waals surface area contributed by atoms with Gasteiger partial charge in [0.15, 0.2) is 0 Å². The maximum Gasteiger partial charge on any atom is 0.416 e. The van der Waals surface area contributed by atoms with E-state index >= 15 is 0 Å². The fourth-order valence-electron chi connectivity index (χ4n) is 2.00. The lowest BCUT2D eigenvalue weighted by atomic mass is 10.1. The van der Waals surface area contributed by atoms with Crippen molar-refractivity contribution in [2.75, 3.05) is 0 Å². The van der Waals surface area contributed by atoms with E-state index < -0.39 is 23.7 Å². The Morgan fingerprint density at radius 1 is 1.28 bits per heavy atom. The molecule has 1 aromatic carbocycles. The molecule has 0 atom stereocenters. The molecule has 2 aromatic rings. The molecule has 25 heavy (non-hydrogen) atoms. The lowest BCUT2D eigenvalue weighted by molar-refractivity contribution is -0.137. The minimum absolute atomic E-state index is 0.0543. The number of imide groups is 1. The van der Waals surface area contributed by atoms with Crippen LogP contribution in [0.4, 0.5) is 18.0 Å². The minimum atomic E-state index is -4.49. The van der Waals surface area contributed by atoms with E-state index in [0.29, 0.717) is 0 Å². The molecule has 0 unspecified atom stereocenters. The van der Waals surface area contributed by atoms with Crippen molar-refractivity contribution in [2.45, 2.75) is 31.6 Å². The number of benzene rings is 1. The lowest BCUT2D eigenvalue weighted by Gasteiger charge is -2.06. The van der Waals surface area contributed by atoms with E-state index in [2.05, 4.69) is 26.0 Å². The van der Waals surface area contributed by atoms with Gasteiger partial charge in [-0.3, -0.25) is 10.1 Å². The lowest BCUT2D eigenvalue weighted by Crippen LogP contribution is -2.42. The molecule has 132 valence electrons. The summed E-state index contributed by atoms with van der Waals surface area (Å²) in [5, 5.41) is 15.8. The largest absolute Gasteiger partial charge is 0.416 e. The number of amides is 3. The zero-order chi connectivity index (χ0) is 18.0. The fourth-order valence-corrected chi connectivity index (χ4v) is 2.00. The van der Waals surface area contributed by atoms with E-state index in [1.165, 1.54) is 12.1 Å². The summed E-state index contributed by atoms with van der Waals surface area (Å²) >= 11 is 0. The van der Waals surface area contributed by atoms with Crippen LogP contribution in [0.2, 0.25) is 0 Å². The van der Waals surface area contributed by atoms with E-state index in [-0.39, 0.29) is 24.0 Å². The number of tetrazole rings is 1. The number of hydrogen-bond donors (Lipinski definition) is 2. The van der Waals surface area contributed by atoms with Crippen LogP contribution >= 0.6 is 0 Å². The number of urea groups is 1. The van der Waals surface area contributed by atoms with Gasteiger partial charge in [0.2, 0.25) is 5.82 Å². The van der Waals surface area contributed by atoms with Crippen LogP contribution in [0.3, 0.4) is 0 Å². The van der Waals surface area contributed by atoms with E-state index in [0.717, 1.165) is 29.8 Å². The van der Waals surface area contributed by atoms with Gasteiger partial charge in [0.05, 0.1) is 5.56 Å². The number of carbonyl (C=O) groups is 2. The van der Waals surface area contributed by atoms with Crippen LogP contribution in [0.1, 0.15) is 18.4 Å². The van der Waals surface area contributed by atoms with Gasteiger partial charge in [-0.05, 0) is 30.2 Å². The van der Waals surface area contributed by atoms with Gasteiger partial charge in [-0.2, -0.15) is 18.0 Å². The van der Waals surface area contributed by atoms with Crippen molar-refractivity contribution >= 4 is 11.9 Å². The Morgan fingerprint density at radius 2 is 2.04 bits per heavy atom. The summed E-state index contributed by atoms with van der Waals surface area (Å²) in [4.78, 5) is 24.0. The highest BCUT2D eigenvalue weighted by Gasteiger charge is 2.30. The van der Waals surface area contributed by atoms with Gasteiger partial charge >= 0.3 is 12.2 Å². The second kappa shape index (κ2) is 6.49. The minimum Gasteiger partial charge on any atom is -0.335 e. The number of carbonyl (C=O) groups excluding carboxylic acids is 2. The first-order chi connectivity index (χ1) is 11.8. The number of hydrogen-bond acceptors (Lipinski definition) is 5. The Morgan fingerprint density at radius 3 is 2.72 bits per heavy atom. The normalized spacial score (nSPS) is 14.2. The molecule has 3 amide bonds. The standard InChI is InChI=1S/C14H13F3N6O2/c15-14(16,17)9-3-1-2-8(6-9)12-20-22-23(21-12)7-11(24)19-13(25)18-10-4-5-10/h1-3,6,10H,4-5,7H2,(H2,18,19,24,25). The molecule has 8 nitrogen and oxygen atoms in total. The molecule has 0 spiro atoms. The number of aromatic nitrogens is 4. The molecule has 1 fully saturated rings. The van der Waals surface area contributed by atoms with Gasteiger partial charge in [0, 0.05) is 11.6 Å². The monoisotopic (exact) mass is 354 g/mol. The number of rotatable bonds is 4. The summed E-state index contributed by atoms with van der Waals surface area (Å²) < 4.78 is 38.2. The first kappa shape index (κ1) is 16.9. The smallest absolute Gasteiger partial charge is 0.335 e. The molecule has 1 aromatic heterocycles. The molecule has 0 bridgehead atoms. The van der Waals surface area contributed by atoms with Gasteiger partial charge in [-0.25, -0.2) is 4.79 Å². The maximum atomic E-state index is 12.7. The van der Waals surface area contributed by atoms with E-state index in [1.807, 2.05) is 0 Å². The van der Waals surface area contributed by atoms with Gasteiger partial charge < -0.3 is 5.32 Å². The van der Waals surface area contributed by atoms with Crippen molar-refractivity contribution < 1.29 is 22.8 Å². The zero-order valence-corrected chi connectivity index (χ0v) is 12.7. The quantitative estimate of drug-likeness (QED) is 0.863. The summed E-state index contributed by atoms with van der Waals surface area (Å²) in [6.07, 6.45) is -2.72. The average Bonchev–Trinajstić information content (AvgIpc) is 3.21. The SMILES string of the molecule is O=C(Cn1nnc(-c2cccc(C(F)(F)F)c2)n1)NC(=O)NC1CC1. The van der Waals surface area contributed by atoms with E-state index in [4.69, 9.17) is 0 Å². The third kappa shape index (κ3) is 4.52. The zero-order valence-electron chi connectivity index (χ0n) is 12.7. The first-order valence-electron chi connectivity index (χ1n) is 7.37. The van der Waals surface area contributed by atoms with Crippen molar-refractivity contribution in [1.29, 1.82) is 0 Å². The molecule has 0 radical (unpaired) electrons. The molecular formula is C14H13F3N6O2. The number of halogens is 3. The number of alkyl halides is 3. The van der Waals surface area contributed by atoms with Crippen LogP contribution in [0, 0.1) is 0 Å². The van der Waals surface area contributed by atoms with Crippen molar-refractivity contribution in [3.8, 4) is 11.4 Å². The molecule has 1 heterocycles. The summed E-state index contributed by atoms with van der Waals surface area (Å²) in [5.74, 6) is -0.715. The fraction of sp³-hybridized carbons (Fsp3) is 0.357. The Kier molecular flexibility index (Phi) is 4.38. The van der Waals surface area contributed by atoms with E-state index in [1.54, 1.807) is 0 Å². The second-order valence-corrected chi connectivity index (χ2v) is 5.52. The first-order valence-corrected chi connectivity index (χ1v) is 7.37. The third-order valence-corrected chi connectivity index (χ3v) is 3.35. The highest BCUT2D eigenvalue weighted by Crippen LogP contribution is 2.31. The highest BCUT2D eigenvalue weighted by molar-refractivity contribution is 5.94. The molecule has 1 aliphatic carbocycles. The van der Waals surface area contributed by atoms with Crippen LogP contribution in [-0.4, -0.2) is 38.2 Å². The van der Waals surface area contributed by atoms with Crippen LogP contribution in [0.15, 0.2) is 24.3 Å². The third-order valence-electron chi connectivity index (χ3n) is 3.35. The highest BCUT2D eigenvalue weighted by atomic mass is 19.4. The second-order valence-electron chi connectivity index (χ2n) is 5.52. The molecule has 2 N–H and O–H groups in total. The predicted molar refractivity (Wildman–Crippen MR) is 78.0 cm³/mol. The Bertz CT molecular complexity index is 800. The molecule has 0 saturated heterocycles. The predicted octanol–water partition coefficient (Wildman–Crippen LogP) is 1.35. The summed E-state index contributed by atoms with van der Waals surface area (Å²) in [7, 11) is 0.